The topological polar surface area (TPSA) is 54.6 Å². The van der Waals surface area contributed by atoms with Crippen LogP contribution in [-0.4, -0.2) is 12.1 Å². The molecule has 0 atom stereocenters. The van der Waals surface area contributed by atoms with E-state index >= 15 is 0 Å². The number of rotatable bonds is 3. The van der Waals surface area contributed by atoms with Gasteiger partial charge in [0.05, 0.1) is 11.8 Å². The minimum atomic E-state index is -0.237. The minimum absolute atomic E-state index is 0.237. The van der Waals surface area contributed by atoms with Gasteiger partial charge in [-0.3, -0.25) is 4.79 Å². The summed E-state index contributed by atoms with van der Waals surface area (Å²) in [6, 6.07) is 10.9. The van der Waals surface area contributed by atoms with Crippen molar-refractivity contribution >= 4 is 34.7 Å². The predicted octanol–water partition coefficient (Wildman–Crippen LogP) is 2.96. The predicted molar refractivity (Wildman–Crippen MR) is 77.7 cm³/mol. The summed E-state index contributed by atoms with van der Waals surface area (Å²) >= 11 is 2.11. The Kier molecular flexibility index (Phi) is 4.14. The highest BCUT2D eigenvalue weighted by Gasteiger charge is 2.07. The van der Waals surface area contributed by atoms with Crippen molar-refractivity contribution in [2.45, 2.75) is 6.92 Å². The summed E-state index contributed by atoms with van der Waals surface area (Å²) in [5.74, 6) is 1.18. The number of carbonyl (C=O) groups is 1. The van der Waals surface area contributed by atoms with Gasteiger partial charge in [-0.25, -0.2) is 5.43 Å². The maximum atomic E-state index is 11.8. The van der Waals surface area contributed by atoms with Crippen molar-refractivity contribution in [3.63, 3.8) is 0 Å². The van der Waals surface area contributed by atoms with Crippen molar-refractivity contribution in [1.82, 2.24) is 5.43 Å². The first-order chi connectivity index (χ1) is 8.66. The molecule has 2 rings (SSSR count). The molecule has 1 aromatic heterocycles. The van der Waals surface area contributed by atoms with Crippen LogP contribution in [0.5, 0.6) is 0 Å². The third kappa shape index (κ3) is 3.19. The first kappa shape index (κ1) is 12.8. The van der Waals surface area contributed by atoms with Crippen LogP contribution in [0.4, 0.5) is 0 Å². The van der Waals surface area contributed by atoms with Crippen LogP contribution >= 0.6 is 22.6 Å². The van der Waals surface area contributed by atoms with E-state index in [2.05, 4.69) is 33.1 Å². The number of hydrogen-bond acceptors (Lipinski definition) is 3. The largest absolute Gasteiger partial charge is 0.460 e. The summed E-state index contributed by atoms with van der Waals surface area (Å²) in [6.45, 7) is 1.85. The molecule has 4 nitrogen and oxygen atoms in total. The fourth-order valence-corrected chi connectivity index (χ4v) is 2.02. The van der Waals surface area contributed by atoms with Crippen LogP contribution < -0.4 is 5.43 Å². The third-order valence-corrected chi connectivity index (χ3v) is 3.18. The second-order valence-electron chi connectivity index (χ2n) is 3.63. The number of nitrogens with one attached hydrogen (secondary N) is 1. The number of hydrogen-bond donors (Lipinski definition) is 1. The molecule has 92 valence electrons. The first-order valence-electron chi connectivity index (χ1n) is 5.31. The Labute approximate surface area is 118 Å². The Morgan fingerprint density at radius 1 is 1.33 bits per heavy atom. The second-order valence-corrected chi connectivity index (χ2v) is 4.79. The lowest BCUT2D eigenvalue weighted by Crippen LogP contribution is -2.18. The van der Waals surface area contributed by atoms with Crippen LogP contribution in [0.15, 0.2) is 45.9 Å². The van der Waals surface area contributed by atoms with Gasteiger partial charge in [0.1, 0.15) is 11.5 Å². The van der Waals surface area contributed by atoms with Gasteiger partial charge in [0.15, 0.2) is 0 Å². The average molecular weight is 354 g/mol. The Balaban J connectivity index is 2.01. The molecule has 0 saturated heterocycles. The third-order valence-electron chi connectivity index (χ3n) is 2.24. The van der Waals surface area contributed by atoms with E-state index in [-0.39, 0.29) is 5.91 Å². The Morgan fingerprint density at radius 2 is 2.11 bits per heavy atom. The molecule has 5 heteroatoms. The van der Waals surface area contributed by atoms with E-state index in [1.54, 1.807) is 12.1 Å². The average Bonchev–Trinajstić information content (AvgIpc) is 2.75. The van der Waals surface area contributed by atoms with Crippen LogP contribution in [0.3, 0.4) is 0 Å². The zero-order chi connectivity index (χ0) is 13.0. The van der Waals surface area contributed by atoms with E-state index in [9.17, 15) is 4.79 Å². The van der Waals surface area contributed by atoms with Crippen LogP contribution in [0, 0.1) is 10.5 Å². The smallest absolute Gasteiger partial charge is 0.272 e. The lowest BCUT2D eigenvalue weighted by atomic mass is 10.2. The minimum Gasteiger partial charge on any atom is -0.460 e. The van der Waals surface area contributed by atoms with E-state index in [1.165, 1.54) is 6.21 Å². The van der Waals surface area contributed by atoms with Gasteiger partial charge in [-0.2, -0.15) is 5.10 Å². The highest BCUT2D eigenvalue weighted by atomic mass is 127. The van der Waals surface area contributed by atoms with Crippen LogP contribution in [0.25, 0.3) is 0 Å². The van der Waals surface area contributed by atoms with Gasteiger partial charge in [0.25, 0.3) is 5.91 Å². The van der Waals surface area contributed by atoms with E-state index in [1.807, 2.05) is 31.2 Å². The molecule has 0 saturated carbocycles. The van der Waals surface area contributed by atoms with E-state index < -0.39 is 0 Å². The molecule has 0 aliphatic rings. The van der Waals surface area contributed by atoms with Gasteiger partial charge in [0.2, 0.25) is 0 Å². The normalized spacial score (nSPS) is 10.8. The zero-order valence-electron chi connectivity index (χ0n) is 9.68. The number of nitrogens with zero attached hydrogens (tertiary/aromatic N) is 1. The number of halogens is 1. The maximum absolute atomic E-state index is 11.8. The van der Waals surface area contributed by atoms with Crippen molar-refractivity contribution < 1.29 is 9.21 Å². The molecular formula is C13H11IN2O2. The summed E-state index contributed by atoms with van der Waals surface area (Å²) in [4.78, 5) is 11.8. The van der Waals surface area contributed by atoms with Crippen molar-refractivity contribution in [1.29, 1.82) is 0 Å². The first-order valence-corrected chi connectivity index (χ1v) is 6.39. The van der Waals surface area contributed by atoms with E-state index in [0.29, 0.717) is 11.3 Å². The Hall–Kier alpha value is -1.63. The van der Waals surface area contributed by atoms with Gasteiger partial charge >= 0.3 is 0 Å². The molecule has 0 fully saturated rings. The fourth-order valence-electron chi connectivity index (χ4n) is 1.38. The summed E-state index contributed by atoms with van der Waals surface area (Å²) in [5, 5.41) is 3.85. The van der Waals surface area contributed by atoms with Gasteiger partial charge in [-0.05, 0) is 53.8 Å². The molecule has 1 N–H and O–H groups in total. The van der Waals surface area contributed by atoms with Crippen molar-refractivity contribution in [3.8, 4) is 0 Å². The Morgan fingerprint density at radius 3 is 2.78 bits per heavy atom. The monoisotopic (exact) mass is 354 g/mol. The number of furan rings is 1. The van der Waals surface area contributed by atoms with Crippen LogP contribution in [0.2, 0.25) is 0 Å². The molecule has 1 aromatic carbocycles. The molecule has 18 heavy (non-hydrogen) atoms. The van der Waals surface area contributed by atoms with Crippen molar-refractivity contribution in [3.05, 3.63) is 57.1 Å². The summed E-state index contributed by atoms with van der Waals surface area (Å²) < 4.78 is 6.18. The molecule has 0 bridgehead atoms. The molecule has 0 aliphatic carbocycles. The molecular weight excluding hydrogens is 343 g/mol. The summed E-state index contributed by atoms with van der Waals surface area (Å²) in [7, 11) is 0. The Bertz CT molecular complexity index is 590. The van der Waals surface area contributed by atoms with E-state index in [0.717, 1.165) is 9.33 Å². The van der Waals surface area contributed by atoms with Gasteiger partial charge in [-0.1, -0.05) is 12.1 Å². The summed E-state index contributed by atoms with van der Waals surface area (Å²) in [6.07, 6.45) is 1.47. The molecule has 0 aliphatic heterocycles. The van der Waals surface area contributed by atoms with Gasteiger partial charge in [-0.15, -0.1) is 0 Å². The number of aryl methyl sites for hydroxylation is 1. The number of amides is 1. The van der Waals surface area contributed by atoms with Crippen LogP contribution in [0.1, 0.15) is 21.9 Å². The molecule has 0 unspecified atom stereocenters. The molecule has 1 heterocycles. The molecule has 0 radical (unpaired) electrons. The summed E-state index contributed by atoms with van der Waals surface area (Å²) in [5.41, 5.74) is 3.07. The number of carbonyl (C=O) groups excluding carboxylic acids is 1. The highest BCUT2D eigenvalue weighted by molar-refractivity contribution is 14.1. The van der Waals surface area contributed by atoms with Crippen LogP contribution in [-0.2, 0) is 0 Å². The lowest BCUT2D eigenvalue weighted by Gasteiger charge is -2.01. The molecule has 1 amide bonds. The van der Waals surface area contributed by atoms with Gasteiger partial charge in [0, 0.05) is 3.57 Å². The quantitative estimate of drug-likeness (QED) is 0.524. The zero-order valence-corrected chi connectivity index (χ0v) is 11.8. The lowest BCUT2D eigenvalue weighted by molar-refractivity contribution is 0.0954. The second kappa shape index (κ2) is 5.81. The highest BCUT2D eigenvalue weighted by Crippen LogP contribution is 2.10. The fraction of sp³-hybridized carbons (Fsp3) is 0.0769. The molecule has 0 spiro atoms. The molecule has 2 aromatic rings. The standard InChI is InChI=1S/C13H11IN2O2/c1-9-6-7-10(18-9)8-15-16-13(17)11-4-2-3-5-12(11)14/h2-8H,1H3,(H,16,17)/b15-8+. The SMILES string of the molecule is Cc1ccc(/C=N/NC(=O)c2ccccc2I)o1. The number of benzene rings is 1. The van der Waals surface area contributed by atoms with Gasteiger partial charge < -0.3 is 4.42 Å². The van der Waals surface area contributed by atoms with E-state index in [4.69, 9.17) is 4.42 Å². The van der Waals surface area contributed by atoms with Crippen molar-refractivity contribution in [2.75, 3.05) is 0 Å². The number of hydrazone groups is 1. The van der Waals surface area contributed by atoms with Crippen molar-refractivity contribution in [2.24, 2.45) is 5.10 Å². The maximum Gasteiger partial charge on any atom is 0.272 e.